The van der Waals surface area contributed by atoms with Crippen LogP contribution < -0.4 is 15.4 Å². The van der Waals surface area contributed by atoms with E-state index in [1.807, 2.05) is 36.4 Å². The molecule has 0 fully saturated rings. The van der Waals surface area contributed by atoms with Gasteiger partial charge in [0.05, 0.1) is 19.9 Å². The Bertz CT molecular complexity index is 850. The predicted octanol–water partition coefficient (Wildman–Crippen LogP) is 2.66. The van der Waals surface area contributed by atoms with E-state index in [4.69, 9.17) is 9.15 Å². The van der Waals surface area contributed by atoms with Crippen molar-refractivity contribution in [2.24, 2.45) is 0 Å². The van der Waals surface area contributed by atoms with Gasteiger partial charge in [-0.1, -0.05) is 18.2 Å². The minimum absolute atomic E-state index is 0.247. The molecule has 3 aromatic rings. The van der Waals surface area contributed by atoms with Crippen molar-refractivity contribution in [1.82, 2.24) is 15.3 Å². The first-order valence-electron chi connectivity index (χ1n) is 8.25. The van der Waals surface area contributed by atoms with Crippen molar-refractivity contribution in [2.45, 2.75) is 13.0 Å². The zero-order valence-corrected chi connectivity index (χ0v) is 14.4. The molecule has 0 atom stereocenters. The Morgan fingerprint density at radius 2 is 2.08 bits per heavy atom. The third-order valence-corrected chi connectivity index (χ3v) is 3.76. The molecule has 0 saturated carbocycles. The van der Waals surface area contributed by atoms with Crippen LogP contribution in [-0.4, -0.2) is 29.5 Å². The van der Waals surface area contributed by atoms with E-state index >= 15 is 0 Å². The molecule has 2 N–H and O–H groups in total. The summed E-state index contributed by atoms with van der Waals surface area (Å²) in [4.78, 5) is 20.6. The van der Waals surface area contributed by atoms with Gasteiger partial charge >= 0.3 is 0 Å². The number of ether oxygens (including phenoxy) is 1. The van der Waals surface area contributed by atoms with Crippen LogP contribution in [0.1, 0.15) is 21.8 Å². The number of carbonyl (C=O) groups is 1. The monoisotopic (exact) mass is 352 g/mol. The summed E-state index contributed by atoms with van der Waals surface area (Å²) < 4.78 is 10.6. The number of rotatable bonds is 8. The van der Waals surface area contributed by atoms with Gasteiger partial charge < -0.3 is 19.8 Å². The standard InChI is InChI=1S/C19H20N4O3/c1-25-17-7-3-2-5-14(17)8-10-20-18(24)16-9-11-21-19(23-16)22-13-15-6-4-12-26-15/h2-7,9,11-12H,8,10,13H2,1H3,(H,20,24)(H,21,22,23). The number of carbonyl (C=O) groups excluding carboxylic acids is 1. The Labute approximate surface area is 151 Å². The zero-order chi connectivity index (χ0) is 18.2. The number of nitrogens with one attached hydrogen (secondary N) is 2. The highest BCUT2D eigenvalue weighted by atomic mass is 16.5. The molecule has 0 aliphatic carbocycles. The molecule has 26 heavy (non-hydrogen) atoms. The predicted molar refractivity (Wildman–Crippen MR) is 97.1 cm³/mol. The van der Waals surface area contributed by atoms with Crippen molar-refractivity contribution in [3.8, 4) is 5.75 Å². The number of hydrogen-bond donors (Lipinski definition) is 2. The third kappa shape index (κ3) is 4.60. The van der Waals surface area contributed by atoms with E-state index in [1.165, 1.54) is 0 Å². The number of para-hydroxylation sites is 1. The highest BCUT2D eigenvalue weighted by molar-refractivity contribution is 5.92. The van der Waals surface area contributed by atoms with Crippen molar-refractivity contribution in [2.75, 3.05) is 19.0 Å². The van der Waals surface area contributed by atoms with Gasteiger partial charge in [0.15, 0.2) is 0 Å². The highest BCUT2D eigenvalue weighted by Crippen LogP contribution is 2.17. The number of benzene rings is 1. The van der Waals surface area contributed by atoms with Crippen molar-refractivity contribution < 1.29 is 13.9 Å². The average Bonchev–Trinajstić information content (AvgIpc) is 3.20. The lowest BCUT2D eigenvalue weighted by molar-refractivity contribution is 0.0949. The minimum Gasteiger partial charge on any atom is -0.496 e. The number of aromatic nitrogens is 2. The lowest BCUT2D eigenvalue weighted by Crippen LogP contribution is -2.27. The lowest BCUT2D eigenvalue weighted by atomic mass is 10.1. The van der Waals surface area contributed by atoms with E-state index in [-0.39, 0.29) is 5.91 Å². The van der Waals surface area contributed by atoms with Crippen LogP contribution in [0.4, 0.5) is 5.95 Å². The quantitative estimate of drug-likeness (QED) is 0.648. The molecular formula is C19H20N4O3. The molecule has 3 rings (SSSR count). The van der Waals surface area contributed by atoms with Gasteiger partial charge in [-0.25, -0.2) is 9.97 Å². The molecule has 0 radical (unpaired) electrons. The van der Waals surface area contributed by atoms with Crippen molar-refractivity contribution >= 4 is 11.9 Å². The van der Waals surface area contributed by atoms with Crippen molar-refractivity contribution in [3.63, 3.8) is 0 Å². The molecule has 0 aliphatic heterocycles. The maximum absolute atomic E-state index is 12.3. The molecule has 0 spiro atoms. The lowest BCUT2D eigenvalue weighted by Gasteiger charge is -2.09. The highest BCUT2D eigenvalue weighted by Gasteiger charge is 2.09. The molecule has 2 aromatic heterocycles. The van der Waals surface area contributed by atoms with Gasteiger partial charge in [-0.05, 0) is 36.2 Å². The van der Waals surface area contributed by atoms with E-state index in [0.29, 0.717) is 31.2 Å². The fourth-order valence-corrected chi connectivity index (χ4v) is 2.46. The smallest absolute Gasteiger partial charge is 0.270 e. The van der Waals surface area contributed by atoms with E-state index in [0.717, 1.165) is 17.1 Å². The number of hydrogen-bond acceptors (Lipinski definition) is 6. The Balaban J connectivity index is 1.53. The van der Waals surface area contributed by atoms with E-state index in [2.05, 4.69) is 20.6 Å². The second kappa shape index (κ2) is 8.66. The maximum Gasteiger partial charge on any atom is 0.270 e. The molecule has 7 heteroatoms. The van der Waals surface area contributed by atoms with Crippen molar-refractivity contribution in [3.05, 3.63) is 71.9 Å². The Morgan fingerprint density at radius 3 is 2.88 bits per heavy atom. The van der Waals surface area contributed by atoms with E-state index in [1.54, 1.807) is 25.6 Å². The van der Waals surface area contributed by atoms with Crippen molar-refractivity contribution in [1.29, 1.82) is 0 Å². The summed E-state index contributed by atoms with van der Waals surface area (Å²) >= 11 is 0. The van der Waals surface area contributed by atoms with Gasteiger partial charge in [0.2, 0.25) is 5.95 Å². The normalized spacial score (nSPS) is 10.3. The summed E-state index contributed by atoms with van der Waals surface area (Å²) in [6.45, 7) is 0.935. The Hall–Kier alpha value is -3.35. The van der Waals surface area contributed by atoms with Crippen LogP contribution >= 0.6 is 0 Å². The van der Waals surface area contributed by atoms with Crippen LogP contribution in [0.2, 0.25) is 0 Å². The fourth-order valence-electron chi connectivity index (χ4n) is 2.46. The van der Waals surface area contributed by atoms with Gasteiger partial charge in [0.25, 0.3) is 5.91 Å². The first-order chi connectivity index (χ1) is 12.8. The largest absolute Gasteiger partial charge is 0.496 e. The number of furan rings is 1. The average molecular weight is 352 g/mol. The molecular weight excluding hydrogens is 332 g/mol. The molecule has 7 nitrogen and oxygen atoms in total. The summed E-state index contributed by atoms with van der Waals surface area (Å²) in [5.74, 6) is 1.70. The number of methoxy groups -OCH3 is 1. The van der Waals surface area contributed by atoms with Crippen LogP contribution in [0.3, 0.4) is 0 Å². The van der Waals surface area contributed by atoms with Gasteiger partial charge in [-0.3, -0.25) is 4.79 Å². The van der Waals surface area contributed by atoms with Gasteiger partial charge in [-0.15, -0.1) is 0 Å². The van der Waals surface area contributed by atoms with Crippen LogP contribution in [0.15, 0.2) is 59.3 Å². The fraction of sp³-hybridized carbons (Fsp3) is 0.211. The second-order valence-corrected chi connectivity index (χ2v) is 5.52. The van der Waals surface area contributed by atoms with Crippen LogP contribution in [0.25, 0.3) is 0 Å². The zero-order valence-electron chi connectivity index (χ0n) is 14.4. The maximum atomic E-state index is 12.3. The number of amides is 1. The van der Waals surface area contributed by atoms with E-state index in [9.17, 15) is 4.79 Å². The molecule has 0 saturated heterocycles. The molecule has 0 bridgehead atoms. The summed E-state index contributed by atoms with van der Waals surface area (Å²) in [5, 5.41) is 5.89. The molecule has 2 heterocycles. The molecule has 134 valence electrons. The summed E-state index contributed by atoms with van der Waals surface area (Å²) in [6, 6.07) is 13.0. The summed E-state index contributed by atoms with van der Waals surface area (Å²) in [5.41, 5.74) is 1.35. The molecule has 1 amide bonds. The topological polar surface area (TPSA) is 89.3 Å². The second-order valence-electron chi connectivity index (χ2n) is 5.52. The first kappa shape index (κ1) is 17.5. The Morgan fingerprint density at radius 1 is 1.19 bits per heavy atom. The van der Waals surface area contributed by atoms with E-state index < -0.39 is 0 Å². The molecule has 0 aliphatic rings. The summed E-state index contributed by atoms with van der Waals surface area (Å²) in [7, 11) is 1.63. The summed E-state index contributed by atoms with van der Waals surface area (Å²) in [6.07, 6.45) is 3.82. The van der Waals surface area contributed by atoms with Gasteiger partial charge in [0.1, 0.15) is 17.2 Å². The molecule has 0 unspecified atom stereocenters. The minimum atomic E-state index is -0.247. The van der Waals surface area contributed by atoms with Crippen LogP contribution in [0, 0.1) is 0 Å². The SMILES string of the molecule is COc1ccccc1CCNC(=O)c1ccnc(NCc2ccco2)n1. The Kier molecular flexibility index (Phi) is 5.82. The molecule has 1 aromatic carbocycles. The number of anilines is 1. The van der Waals surface area contributed by atoms with Gasteiger partial charge in [-0.2, -0.15) is 0 Å². The first-order valence-corrected chi connectivity index (χ1v) is 8.25. The van der Waals surface area contributed by atoms with Gasteiger partial charge in [0, 0.05) is 12.7 Å². The number of nitrogens with zero attached hydrogens (tertiary/aromatic N) is 2. The third-order valence-electron chi connectivity index (χ3n) is 3.76. The van der Waals surface area contributed by atoms with Crippen LogP contribution in [-0.2, 0) is 13.0 Å². The van der Waals surface area contributed by atoms with Crippen LogP contribution in [0.5, 0.6) is 5.75 Å².